The first kappa shape index (κ1) is 15.0. The highest BCUT2D eigenvalue weighted by Gasteiger charge is 2.30. The van der Waals surface area contributed by atoms with Crippen LogP contribution in [0.25, 0.3) is 0 Å². The van der Waals surface area contributed by atoms with Crippen LogP contribution in [-0.2, 0) is 17.8 Å². The second-order valence-corrected chi connectivity index (χ2v) is 5.97. The van der Waals surface area contributed by atoms with Gasteiger partial charge in [-0.2, -0.15) is 0 Å². The lowest BCUT2D eigenvalue weighted by atomic mass is 10.1. The number of carbonyl (C=O) groups excluding carboxylic acids is 1. The second-order valence-electron chi connectivity index (χ2n) is 5.97. The molecule has 0 atom stereocenters. The second kappa shape index (κ2) is 6.88. The van der Waals surface area contributed by atoms with Gasteiger partial charge in [-0.15, -0.1) is 0 Å². The number of Topliss-reactive ketones (excluding diaryl/α,β-unsaturated/α-hetero) is 1. The van der Waals surface area contributed by atoms with Gasteiger partial charge in [0.15, 0.2) is 5.78 Å². The molecule has 0 bridgehead atoms. The minimum absolute atomic E-state index is 0.285. The van der Waals surface area contributed by atoms with Gasteiger partial charge in [-0.3, -0.25) is 4.79 Å². The zero-order chi connectivity index (χ0) is 15.4. The smallest absolute Gasteiger partial charge is 0.165 e. The van der Waals surface area contributed by atoms with E-state index in [-0.39, 0.29) is 5.92 Å². The number of H-pyrrole nitrogens is 1. The highest BCUT2D eigenvalue weighted by molar-refractivity contribution is 5.99. The summed E-state index contributed by atoms with van der Waals surface area (Å²) in [5, 5.41) is 0. The van der Waals surface area contributed by atoms with E-state index in [1.807, 2.05) is 31.2 Å². The number of aromatic amines is 1. The number of ketones is 1. The topological polar surface area (TPSA) is 55.0 Å². The maximum atomic E-state index is 11.9. The van der Waals surface area contributed by atoms with E-state index in [0.717, 1.165) is 54.8 Å². The van der Waals surface area contributed by atoms with Crippen LogP contribution < -0.4 is 0 Å². The zero-order valence-corrected chi connectivity index (χ0v) is 13.0. The van der Waals surface area contributed by atoms with E-state index < -0.39 is 0 Å². The molecule has 1 saturated carbocycles. The lowest BCUT2D eigenvalue weighted by molar-refractivity contribution is 0.0967. The number of hydrogen-bond acceptors (Lipinski definition) is 3. The summed E-state index contributed by atoms with van der Waals surface area (Å²) in [4.78, 5) is 19.3. The van der Waals surface area contributed by atoms with Crippen LogP contribution in [0.4, 0.5) is 0 Å². The van der Waals surface area contributed by atoms with Crippen LogP contribution in [0.3, 0.4) is 0 Å². The Morgan fingerprint density at radius 1 is 1.32 bits per heavy atom. The third-order valence-corrected chi connectivity index (χ3v) is 4.09. The lowest BCUT2D eigenvalue weighted by Crippen LogP contribution is -2.02. The number of hydrogen-bond donors (Lipinski definition) is 1. The van der Waals surface area contributed by atoms with E-state index in [4.69, 9.17) is 4.74 Å². The van der Waals surface area contributed by atoms with Crippen molar-refractivity contribution < 1.29 is 9.53 Å². The molecule has 0 spiro atoms. The summed E-state index contributed by atoms with van der Waals surface area (Å²) in [7, 11) is 0. The minimum atomic E-state index is 0.285. The van der Waals surface area contributed by atoms with Gasteiger partial charge in [0.05, 0.1) is 18.6 Å². The molecule has 0 aliphatic heterocycles. The molecule has 4 heteroatoms. The van der Waals surface area contributed by atoms with Crippen molar-refractivity contribution in [2.75, 3.05) is 6.61 Å². The number of carbonyl (C=O) groups is 1. The number of aromatic nitrogens is 2. The van der Waals surface area contributed by atoms with Crippen LogP contribution in [0.5, 0.6) is 0 Å². The van der Waals surface area contributed by atoms with Gasteiger partial charge in [0.1, 0.15) is 0 Å². The Morgan fingerprint density at radius 2 is 2.09 bits per heavy atom. The van der Waals surface area contributed by atoms with Crippen LogP contribution in [0, 0.1) is 12.8 Å². The van der Waals surface area contributed by atoms with Crippen LogP contribution >= 0.6 is 0 Å². The summed E-state index contributed by atoms with van der Waals surface area (Å²) >= 11 is 0. The Bertz CT molecular complexity index is 627. The number of imidazole rings is 1. The zero-order valence-electron chi connectivity index (χ0n) is 13.0. The van der Waals surface area contributed by atoms with Gasteiger partial charge < -0.3 is 9.72 Å². The molecule has 22 heavy (non-hydrogen) atoms. The van der Waals surface area contributed by atoms with Crippen molar-refractivity contribution in [2.24, 2.45) is 5.92 Å². The quantitative estimate of drug-likeness (QED) is 0.600. The Labute approximate surface area is 130 Å². The lowest BCUT2D eigenvalue weighted by Gasteiger charge is -2.05. The maximum Gasteiger partial charge on any atom is 0.165 e. The van der Waals surface area contributed by atoms with Crippen LogP contribution in [0.1, 0.15) is 46.6 Å². The van der Waals surface area contributed by atoms with Crippen molar-refractivity contribution in [1.29, 1.82) is 0 Å². The Hall–Kier alpha value is -1.94. The summed E-state index contributed by atoms with van der Waals surface area (Å²) in [5.74, 6) is 0.578. The van der Waals surface area contributed by atoms with Crippen molar-refractivity contribution >= 4 is 5.78 Å². The van der Waals surface area contributed by atoms with Crippen molar-refractivity contribution in [3.8, 4) is 0 Å². The largest absolute Gasteiger partial charge is 0.377 e. The molecule has 1 aromatic carbocycles. The molecule has 0 saturated heterocycles. The first-order valence-corrected chi connectivity index (χ1v) is 7.94. The summed E-state index contributed by atoms with van der Waals surface area (Å²) in [6, 6.07) is 7.83. The summed E-state index contributed by atoms with van der Waals surface area (Å²) in [6.07, 6.45) is 5.74. The molecule has 1 aliphatic carbocycles. The van der Waals surface area contributed by atoms with Crippen LogP contribution in [-0.4, -0.2) is 22.4 Å². The Morgan fingerprint density at radius 3 is 2.73 bits per heavy atom. The fourth-order valence-electron chi connectivity index (χ4n) is 2.52. The van der Waals surface area contributed by atoms with Crippen molar-refractivity contribution in [2.45, 2.75) is 39.2 Å². The number of ether oxygens (including phenoxy) is 1. The van der Waals surface area contributed by atoms with Gasteiger partial charge in [0.2, 0.25) is 0 Å². The average molecular weight is 298 g/mol. The maximum absolute atomic E-state index is 11.9. The predicted molar refractivity (Wildman–Crippen MR) is 84.8 cm³/mol. The fourth-order valence-corrected chi connectivity index (χ4v) is 2.52. The normalized spacial score (nSPS) is 14.2. The van der Waals surface area contributed by atoms with Gasteiger partial charge in [0.25, 0.3) is 0 Å². The fraction of sp³-hybridized carbons (Fsp3) is 0.444. The molecule has 4 nitrogen and oxygen atoms in total. The van der Waals surface area contributed by atoms with Crippen LogP contribution in [0.2, 0.25) is 0 Å². The molecule has 1 N–H and O–H groups in total. The monoisotopic (exact) mass is 298 g/mol. The van der Waals surface area contributed by atoms with E-state index in [1.54, 1.807) is 6.33 Å². The van der Waals surface area contributed by atoms with Crippen molar-refractivity contribution in [1.82, 2.24) is 9.97 Å². The number of nitrogens with one attached hydrogen (secondary N) is 1. The minimum Gasteiger partial charge on any atom is -0.377 e. The SMILES string of the molecule is Cc1[nH]cnc1CCCOCc1ccc(C(=O)C2CC2)cc1. The molecule has 3 rings (SSSR count). The van der Waals surface area contributed by atoms with Crippen LogP contribution in [0.15, 0.2) is 30.6 Å². The molecular weight excluding hydrogens is 276 g/mol. The van der Waals surface area contributed by atoms with Crippen molar-refractivity contribution in [3.63, 3.8) is 0 Å². The summed E-state index contributed by atoms with van der Waals surface area (Å²) in [5.41, 5.74) is 4.20. The number of aryl methyl sites for hydroxylation is 2. The van der Waals surface area contributed by atoms with E-state index >= 15 is 0 Å². The van der Waals surface area contributed by atoms with Gasteiger partial charge in [-0.25, -0.2) is 4.98 Å². The Kier molecular flexibility index (Phi) is 4.68. The molecule has 1 heterocycles. The molecule has 1 fully saturated rings. The van der Waals surface area contributed by atoms with Gasteiger partial charge in [0, 0.05) is 23.8 Å². The number of rotatable bonds is 8. The number of nitrogens with zero attached hydrogens (tertiary/aromatic N) is 1. The molecular formula is C18H22N2O2. The van der Waals surface area contributed by atoms with E-state index in [1.165, 1.54) is 0 Å². The molecule has 0 radical (unpaired) electrons. The third kappa shape index (κ3) is 3.83. The molecule has 0 amide bonds. The average Bonchev–Trinajstić information content (AvgIpc) is 3.31. The molecule has 1 aromatic heterocycles. The highest BCUT2D eigenvalue weighted by atomic mass is 16.5. The predicted octanol–water partition coefficient (Wildman–Crippen LogP) is 3.46. The number of benzene rings is 1. The van der Waals surface area contributed by atoms with Gasteiger partial charge >= 0.3 is 0 Å². The van der Waals surface area contributed by atoms with Gasteiger partial charge in [-0.05, 0) is 38.2 Å². The highest BCUT2D eigenvalue weighted by Crippen LogP contribution is 2.32. The molecule has 1 aliphatic rings. The first-order valence-electron chi connectivity index (χ1n) is 7.94. The molecule has 0 unspecified atom stereocenters. The van der Waals surface area contributed by atoms with E-state index in [0.29, 0.717) is 12.4 Å². The summed E-state index contributed by atoms with van der Waals surface area (Å²) in [6.45, 7) is 3.35. The van der Waals surface area contributed by atoms with E-state index in [2.05, 4.69) is 9.97 Å². The van der Waals surface area contributed by atoms with Crippen molar-refractivity contribution in [3.05, 3.63) is 53.1 Å². The standard InChI is InChI=1S/C18H22N2O2/c1-13-17(20-12-19-13)3-2-10-22-11-14-4-6-15(7-5-14)18(21)16-8-9-16/h4-7,12,16H,2-3,8-11H2,1H3,(H,19,20). The third-order valence-electron chi connectivity index (χ3n) is 4.09. The first-order chi connectivity index (χ1) is 10.7. The molecule has 2 aromatic rings. The van der Waals surface area contributed by atoms with E-state index in [9.17, 15) is 4.79 Å². The van der Waals surface area contributed by atoms with Gasteiger partial charge in [-0.1, -0.05) is 24.3 Å². The Balaban J connectivity index is 1.38. The molecule has 116 valence electrons. The summed E-state index contributed by atoms with van der Waals surface area (Å²) < 4.78 is 5.70.